The number of nitrogen functional groups attached to an aromatic ring is 1. The molecule has 0 aliphatic carbocycles. The highest BCUT2D eigenvalue weighted by atomic mass is 16.1. The van der Waals surface area contributed by atoms with Gasteiger partial charge in [0.15, 0.2) is 0 Å². The monoisotopic (exact) mass is 294 g/mol. The van der Waals surface area contributed by atoms with Gasteiger partial charge in [0.25, 0.3) is 0 Å². The summed E-state index contributed by atoms with van der Waals surface area (Å²) in [5.74, 6) is 0.223. The molecule has 3 aromatic rings. The van der Waals surface area contributed by atoms with Gasteiger partial charge in [-0.15, -0.1) is 0 Å². The molecule has 5 nitrogen and oxygen atoms in total. The number of carbonyl (C=O) groups excluding carboxylic acids is 1. The largest absolute Gasteiger partial charge is 0.369 e. The summed E-state index contributed by atoms with van der Waals surface area (Å²) >= 11 is 0. The maximum absolute atomic E-state index is 12.3. The molecule has 2 aromatic carbocycles. The van der Waals surface area contributed by atoms with Crippen LogP contribution in [0.25, 0.3) is 11.0 Å². The third-order valence-corrected chi connectivity index (χ3v) is 3.86. The molecule has 1 heterocycles. The zero-order valence-electron chi connectivity index (χ0n) is 12.6. The van der Waals surface area contributed by atoms with E-state index in [0.717, 1.165) is 27.8 Å². The lowest BCUT2D eigenvalue weighted by atomic mass is 10.1. The molecule has 0 aliphatic rings. The predicted molar refractivity (Wildman–Crippen MR) is 88.7 cm³/mol. The third-order valence-electron chi connectivity index (χ3n) is 3.86. The minimum atomic E-state index is -0.122. The number of benzene rings is 2. The number of amides is 1. The van der Waals surface area contributed by atoms with E-state index in [1.807, 2.05) is 56.3 Å². The first kappa shape index (κ1) is 14.1. The lowest BCUT2D eigenvalue weighted by molar-refractivity contribution is -0.116. The highest BCUT2D eigenvalue weighted by molar-refractivity contribution is 5.93. The van der Waals surface area contributed by atoms with Gasteiger partial charge in [0.1, 0.15) is 6.54 Å². The number of hydrogen-bond donors (Lipinski definition) is 2. The van der Waals surface area contributed by atoms with Crippen molar-refractivity contribution >= 4 is 28.6 Å². The summed E-state index contributed by atoms with van der Waals surface area (Å²) in [6.45, 7) is 4.15. The number of aromatic nitrogens is 2. The van der Waals surface area contributed by atoms with Crippen molar-refractivity contribution in [3.8, 4) is 0 Å². The topological polar surface area (TPSA) is 72.9 Å². The van der Waals surface area contributed by atoms with Gasteiger partial charge in [-0.3, -0.25) is 4.79 Å². The maximum Gasteiger partial charge on any atom is 0.244 e. The zero-order valence-corrected chi connectivity index (χ0v) is 12.6. The molecule has 3 rings (SSSR count). The van der Waals surface area contributed by atoms with Gasteiger partial charge < -0.3 is 15.6 Å². The molecule has 0 saturated carbocycles. The van der Waals surface area contributed by atoms with Crippen molar-refractivity contribution in [3.05, 3.63) is 53.6 Å². The zero-order chi connectivity index (χ0) is 15.7. The Balaban J connectivity index is 1.84. The number of para-hydroxylation sites is 2. The summed E-state index contributed by atoms with van der Waals surface area (Å²) in [5, 5.41) is 2.94. The molecule has 0 unspecified atom stereocenters. The first-order valence-electron chi connectivity index (χ1n) is 7.13. The minimum absolute atomic E-state index is 0.122. The lowest BCUT2D eigenvalue weighted by Gasteiger charge is -2.11. The second kappa shape index (κ2) is 5.52. The van der Waals surface area contributed by atoms with Crippen LogP contribution in [-0.4, -0.2) is 15.5 Å². The van der Waals surface area contributed by atoms with Gasteiger partial charge in [-0.25, -0.2) is 4.98 Å². The van der Waals surface area contributed by atoms with Gasteiger partial charge in [0.05, 0.1) is 11.0 Å². The normalized spacial score (nSPS) is 10.8. The van der Waals surface area contributed by atoms with Crippen LogP contribution in [0, 0.1) is 13.8 Å². The summed E-state index contributed by atoms with van der Waals surface area (Å²) < 4.78 is 1.72. The Hall–Kier alpha value is -2.82. The number of nitrogens with one attached hydrogen (secondary N) is 1. The number of carbonyl (C=O) groups is 1. The van der Waals surface area contributed by atoms with E-state index in [1.54, 1.807) is 4.57 Å². The first-order valence-corrected chi connectivity index (χ1v) is 7.13. The minimum Gasteiger partial charge on any atom is -0.369 e. The van der Waals surface area contributed by atoms with Gasteiger partial charge in [-0.2, -0.15) is 0 Å². The fourth-order valence-corrected chi connectivity index (χ4v) is 2.48. The van der Waals surface area contributed by atoms with E-state index in [4.69, 9.17) is 5.73 Å². The molecule has 0 fully saturated rings. The van der Waals surface area contributed by atoms with Crippen LogP contribution in [0.4, 0.5) is 11.6 Å². The van der Waals surface area contributed by atoms with Crippen LogP contribution in [0.5, 0.6) is 0 Å². The van der Waals surface area contributed by atoms with Crippen molar-refractivity contribution in [2.24, 2.45) is 0 Å². The molecule has 0 atom stereocenters. The van der Waals surface area contributed by atoms with Gasteiger partial charge >= 0.3 is 0 Å². The van der Waals surface area contributed by atoms with Gasteiger partial charge in [-0.1, -0.05) is 24.3 Å². The molecule has 0 spiro atoms. The molecule has 22 heavy (non-hydrogen) atoms. The van der Waals surface area contributed by atoms with Crippen LogP contribution >= 0.6 is 0 Å². The Morgan fingerprint density at radius 3 is 2.77 bits per heavy atom. The number of fused-ring (bicyclic) bond motifs is 1. The second-order valence-corrected chi connectivity index (χ2v) is 5.34. The predicted octanol–water partition coefficient (Wildman–Crippen LogP) is 2.87. The highest BCUT2D eigenvalue weighted by Crippen LogP contribution is 2.20. The van der Waals surface area contributed by atoms with Crippen molar-refractivity contribution < 1.29 is 4.79 Å². The highest BCUT2D eigenvalue weighted by Gasteiger charge is 2.12. The first-order chi connectivity index (χ1) is 10.6. The Kier molecular flexibility index (Phi) is 3.55. The van der Waals surface area contributed by atoms with Crippen molar-refractivity contribution in [2.45, 2.75) is 20.4 Å². The van der Waals surface area contributed by atoms with Crippen LogP contribution < -0.4 is 11.1 Å². The molecule has 3 N–H and O–H groups in total. The summed E-state index contributed by atoms with van der Waals surface area (Å²) in [5.41, 5.74) is 10.6. The number of aryl methyl sites for hydroxylation is 1. The molecule has 1 amide bonds. The number of nitrogens with zero attached hydrogens (tertiary/aromatic N) is 2. The number of hydrogen-bond acceptors (Lipinski definition) is 3. The van der Waals surface area contributed by atoms with E-state index in [0.29, 0.717) is 5.95 Å². The molecular weight excluding hydrogens is 276 g/mol. The van der Waals surface area contributed by atoms with Crippen molar-refractivity contribution in [3.63, 3.8) is 0 Å². The molecule has 1 aromatic heterocycles. The standard InChI is InChI=1S/C17H18N4O/c1-11-6-5-8-13(12(11)2)19-16(22)10-21-15-9-4-3-7-14(15)20-17(21)18/h3-9H,10H2,1-2H3,(H2,18,20)(H,19,22). The van der Waals surface area contributed by atoms with E-state index in [1.165, 1.54) is 0 Å². The van der Waals surface area contributed by atoms with Crippen molar-refractivity contribution in [1.29, 1.82) is 0 Å². The molecular formula is C17H18N4O. The fraction of sp³-hybridized carbons (Fsp3) is 0.176. The van der Waals surface area contributed by atoms with E-state index < -0.39 is 0 Å². The van der Waals surface area contributed by atoms with Crippen molar-refractivity contribution in [2.75, 3.05) is 11.1 Å². The van der Waals surface area contributed by atoms with Crippen LogP contribution in [0.15, 0.2) is 42.5 Å². The van der Waals surface area contributed by atoms with Gasteiger partial charge in [0, 0.05) is 5.69 Å². The quantitative estimate of drug-likeness (QED) is 0.780. The van der Waals surface area contributed by atoms with Crippen molar-refractivity contribution in [1.82, 2.24) is 9.55 Å². The number of imidazole rings is 1. The number of rotatable bonds is 3. The molecule has 0 saturated heterocycles. The Labute approximate surface area is 128 Å². The summed E-state index contributed by atoms with van der Waals surface area (Å²) in [6, 6.07) is 13.4. The third kappa shape index (κ3) is 2.53. The summed E-state index contributed by atoms with van der Waals surface area (Å²) in [7, 11) is 0. The molecule has 0 bridgehead atoms. The molecule has 112 valence electrons. The Morgan fingerprint density at radius 2 is 1.95 bits per heavy atom. The van der Waals surface area contributed by atoms with Crippen LogP contribution in [0.1, 0.15) is 11.1 Å². The Morgan fingerprint density at radius 1 is 1.18 bits per heavy atom. The SMILES string of the molecule is Cc1cccc(NC(=O)Cn2c(N)nc3ccccc32)c1C. The smallest absolute Gasteiger partial charge is 0.244 e. The van der Waals surface area contributed by atoms with Gasteiger partial charge in [-0.05, 0) is 43.2 Å². The number of anilines is 2. The lowest BCUT2D eigenvalue weighted by Crippen LogP contribution is -2.20. The fourth-order valence-electron chi connectivity index (χ4n) is 2.48. The summed E-state index contributed by atoms with van der Waals surface area (Å²) in [4.78, 5) is 16.6. The number of nitrogens with two attached hydrogens (primary N) is 1. The summed E-state index contributed by atoms with van der Waals surface area (Å²) in [6.07, 6.45) is 0. The van der Waals surface area contributed by atoms with E-state index in [2.05, 4.69) is 10.3 Å². The van der Waals surface area contributed by atoms with Crippen LogP contribution in [0.2, 0.25) is 0 Å². The van der Waals surface area contributed by atoms with E-state index >= 15 is 0 Å². The maximum atomic E-state index is 12.3. The van der Waals surface area contributed by atoms with Crippen LogP contribution in [-0.2, 0) is 11.3 Å². The molecule has 0 radical (unpaired) electrons. The van der Waals surface area contributed by atoms with Crippen LogP contribution in [0.3, 0.4) is 0 Å². The Bertz CT molecular complexity index is 851. The average Bonchev–Trinajstić information content (AvgIpc) is 2.80. The average molecular weight is 294 g/mol. The van der Waals surface area contributed by atoms with E-state index in [9.17, 15) is 4.79 Å². The second-order valence-electron chi connectivity index (χ2n) is 5.34. The molecule has 5 heteroatoms. The molecule has 0 aliphatic heterocycles. The van der Waals surface area contributed by atoms with E-state index in [-0.39, 0.29) is 12.5 Å². The van der Waals surface area contributed by atoms with Gasteiger partial charge in [0.2, 0.25) is 11.9 Å².